The van der Waals surface area contributed by atoms with Gasteiger partial charge in [-0.2, -0.15) is 24.3 Å². The maximum absolute atomic E-state index is 2.18. The molecule has 0 amide bonds. The molecule has 0 aliphatic carbocycles. The van der Waals surface area contributed by atoms with Crippen LogP contribution < -0.4 is 0 Å². The zero-order chi connectivity index (χ0) is 20.2. The number of benzene rings is 4. The molecule has 0 saturated heterocycles. The van der Waals surface area contributed by atoms with E-state index in [1.54, 1.807) is 0 Å². The molecule has 0 spiro atoms. The molecule has 0 unspecified atom stereocenters. The summed E-state index contributed by atoms with van der Waals surface area (Å²) in [7, 11) is 0. The molecule has 0 aromatic heterocycles. The van der Waals surface area contributed by atoms with E-state index in [1.807, 2.05) is 0 Å². The van der Waals surface area contributed by atoms with Gasteiger partial charge in [-0.05, 0) is 11.1 Å². The van der Waals surface area contributed by atoms with E-state index in [4.69, 9.17) is 0 Å². The predicted octanol–water partition coefficient (Wildman–Crippen LogP) is 8.45. The molecule has 0 fully saturated rings. The maximum Gasteiger partial charge on any atom is 0 e. The van der Waals surface area contributed by atoms with Gasteiger partial charge < -0.3 is 0 Å². The molecule has 6 aromatic carbocycles. The molecule has 2 heteroatoms. The van der Waals surface area contributed by atoms with Gasteiger partial charge in [0.05, 0.1) is 0 Å². The minimum Gasteiger partial charge on any atom is -0.168 e. The third kappa shape index (κ3) is 5.26. The Labute approximate surface area is 227 Å². The van der Waals surface area contributed by atoms with Crippen LogP contribution in [0.25, 0.3) is 43.8 Å². The average molecular weight is 565 g/mol. The standard InChI is InChI=1S/2C15H11.2Zr/c2*1-2-6-12(7-3-1)14-10-4-8-13-9-5-11-15(13)14;;/h2*1-11H;;/q2*-1;;. The SMILES string of the molecule is [Zr].[Zr].c1ccc(-c2cccc3[cH-]ccc23)cc1.c1ccc(-c2cccc3[cH-]ccc23)cc1. The number of fused-ring (bicyclic) bond motifs is 2. The Morgan fingerprint density at radius 3 is 1.19 bits per heavy atom. The van der Waals surface area contributed by atoms with Gasteiger partial charge in [0.2, 0.25) is 0 Å². The first-order chi connectivity index (χ1) is 14.9. The second kappa shape index (κ2) is 11.6. The molecular formula is C30H22Zr2-2. The van der Waals surface area contributed by atoms with E-state index in [9.17, 15) is 0 Å². The Bertz CT molecular complexity index is 1270. The van der Waals surface area contributed by atoms with E-state index in [2.05, 4.69) is 133 Å². The minimum atomic E-state index is 0. The van der Waals surface area contributed by atoms with Gasteiger partial charge in [-0.25, -0.2) is 0 Å². The number of hydrogen-bond donors (Lipinski definition) is 0. The van der Waals surface area contributed by atoms with Crippen LogP contribution >= 0.6 is 0 Å². The van der Waals surface area contributed by atoms with Crippen molar-refractivity contribution in [3.05, 3.63) is 133 Å². The first-order valence-corrected chi connectivity index (χ1v) is 10.3. The van der Waals surface area contributed by atoms with Crippen LogP contribution in [0.3, 0.4) is 0 Å². The Morgan fingerprint density at radius 2 is 0.781 bits per heavy atom. The molecule has 0 aliphatic rings. The summed E-state index contributed by atoms with van der Waals surface area (Å²) in [6.07, 6.45) is 0. The maximum atomic E-state index is 2.18. The van der Waals surface area contributed by atoms with Gasteiger partial charge in [-0.3, -0.25) is 0 Å². The largest absolute Gasteiger partial charge is 0.168 e. The predicted molar refractivity (Wildman–Crippen MR) is 130 cm³/mol. The monoisotopic (exact) mass is 562 g/mol. The van der Waals surface area contributed by atoms with Crippen molar-refractivity contribution in [2.75, 3.05) is 0 Å². The molecule has 0 N–H and O–H groups in total. The van der Waals surface area contributed by atoms with Crippen molar-refractivity contribution in [3.8, 4) is 22.3 Å². The van der Waals surface area contributed by atoms with Gasteiger partial charge in [0.25, 0.3) is 0 Å². The zero-order valence-electron chi connectivity index (χ0n) is 17.7. The van der Waals surface area contributed by atoms with E-state index < -0.39 is 0 Å². The second-order valence-corrected chi connectivity index (χ2v) is 7.40. The van der Waals surface area contributed by atoms with Crippen LogP contribution in [-0.4, -0.2) is 0 Å². The summed E-state index contributed by atoms with van der Waals surface area (Å²) in [5.74, 6) is 0. The average Bonchev–Trinajstić information content (AvgIpc) is 3.50. The van der Waals surface area contributed by atoms with E-state index in [1.165, 1.54) is 43.8 Å². The van der Waals surface area contributed by atoms with Crippen LogP contribution in [0.2, 0.25) is 0 Å². The Hall–Kier alpha value is -2.13. The molecule has 6 aromatic rings. The first kappa shape index (κ1) is 24.5. The van der Waals surface area contributed by atoms with Crippen molar-refractivity contribution >= 4 is 21.5 Å². The molecule has 0 bridgehead atoms. The van der Waals surface area contributed by atoms with Gasteiger partial charge >= 0.3 is 0 Å². The fraction of sp³-hybridized carbons (Fsp3) is 0. The van der Waals surface area contributed by atoms with Crippen molar-refractivity contribution in [3.63, 3.8) is 0 Å². The number of rotatable bonds is 2. The van der Waals surface area contributed by atoms with Gasteiger partial charge in [0.1, 0.15) is 0 Å². The van der Waals surface area contributed by atoms with Crippen LogP contribution in [0, 0.1) is 0 Å². The molecule has 0 aliphatic heterocycles. The molecule has 0 saturated carbocycles. The second-order valence-electron chi connectivity index (χ2n) is 7.40. The quantitative estimate of drug-likeness (QED) is 0.185. The summed E-state index contributed by atoms with van der Waals surface area (Å²) in [5, 5.41) is 5.31. The summed E-state index contributed by atoms with van der Waals surface area (Å²) in [5.41, 5.74) is 5.21. The molecule has 6 rings (SSSR count). The van der Waals surface area contributed by atoms with E-state index in [-0.39, 0.29) is 52.4 Å². The van der Waals surface area contributed by atoms with Crippen molar-refractivity contribution in [2.45, 2.75) is 0 Å². The van der Waals surface area contributed by atoms with E-state index in [0.717, 1.165) is 0 Å². The van der Waals surface area contributed by atoms with Gasteiger partial charge in [-0.15, -0.1) is 57.9 Å². The van der Waals surface area contributed by atoms with Crippen molar-refractivity contribution in [1.29, 1.82) is 0 Å². The Balaban J connectivity index is 0.000000170. The normalized spacial score (nSPS) is 10.0. The fourth-order valence-electron chi connectivity index (χ4n) is 4.06. The summed E-state index contributed by atoms with van der Waals surface area (Å²) >= 11 is 0. The Kier molecular flexibility index (Phi) is 8.92. The molecule has 152 valence electrons. The Morgan fingerprint density at radius 1 is 0.375 bits per heavy atom. The van der Waals surface area contributed by atoms with Crippen LogP contribution in [0.5, 0.6) is 0 Å². The van der Waals surface area contributed by atoms with Crippen LogP contribution in [0.1, 0.15) is 0 Å². The third-order valence-corrected chi connectivity index (χ3v) is 5.53. The molecular weight excluding hydrogens is 543 g/mol. The van der Waals surface area contributed by atoms with Gasteiger partial charge in [0, 0.05) is 52.4 Å². The van der Waals surface area contributed by atoms with E-state index in [0.29, 0.717) is 0 Å². The molecule has 0 atom stereocenters. The summed E-state index contributed by atoms with van der Waals surface area (Å²) in [6.45, 7) is 0. The van der Waals surface area contributed by atoms with E-state index >= 15 is 0 Å². The van der Waals surface area contributed by atoms with Gasteiger partial charge in [-0.1, -0.05) is 83.9 Å². The van der Waals surface area contributed by atoms with Crippen molar-refractivity contribution in [1.82, 2.24) is 0 Å². The van der Waals surface area contributed by atoms with Crippen LogP contribution in [0.15, 0.2) is 133 Å². The smallest absolute Gasteiger partial charge is 0 e. The topological polar surface area (TPSA) is 0 Å². The zero-order valence-corrected chi connectivity index (χ0v) is 22.6. The van der Waals surface area contributed by atoms with Crippen molar-refractivity contribution < 1.29 is 52.4 Å². The summed E-state index contributed by atoms with van der Waals surface area (Å²) in [6, 6.07) is 46.8. The van der Waals surface area contributed by atoms with Crippen LogP contribution in [-0.2, 0) is 52.4 Å². The first-order valence-electron chi connectivity index (χ1n) is 10.3. The third-order valence-electron chi connectivity index (χ3n) is 5.53. The summed E-state index contributed by atoms with van der Waals surface area (Å²) < 4.78 is 0. The van der Waals surface area contributed by atoms with Gasteiger partial charge in [0.15, 0.2) is 0 Å². The van der Waals surface area contributed by atoms with Crippen molar-refractivity contribution in [2.24, 2.45) is 0 Å². The molecule has 0 nitrogen and oxygen atoms in total. The summed E-state index contributed by atoms with van der Waals surface area (Å²) in [4.78, 5) is 0. The fourth-order valence-corrected chi connectivity index (χ4v) is 4.06. The molecule has 0 radical (unpaired) electrons. The minimum absolute atomic E-state index is 0. The molecule has 0 heterocycles. The number of hydrogen-bond acceptors (Lipinski definition) is 0. The van der Waals surface area contributed by atoms with Crippen LogP contribution in [0.4, 0.5) is 0 Å². The molecule has 32 heavy (non-hydrogen) atoms.